The van der Waals surface area contributed by atoms with Gasteiger partial charge in [-0.3, -0.25) is 20.6 Å². The SMILES string of the molecule is C=C(NNC(=O)c1cccnc1)c1ccc(F)c(F)c1. The highest BCUT2D eigenvalue weighted by Gasteiger charge is 2.07. The van der Waals surface area contributed by atoms with Crippen molar-refractivity contribution in [3.63, 3.8) is 0 Å². The van der Waals surface area contributed by atoms with Gasteiger partial charge in [0.15, 0.2) is 11.6 Å². The summed E-state index contributed by atoms with van der Waals surface area (Å²) in [5.41, 5.74) is 5.85. The largest absolute Gasteiger partial charge is 0.298 e. The van der Waals surface area contributed by atoms with Crippen molar-refractivity contribution in [1.82, 2.24) is 15.8 Å². The molecular formula is C14H11F2N3O. The third kappa shape index (κ3) is 3.17. The number of amides is 1. The van der Waals surface area contributed by atoms with Crippen LogP contribution in [0, 0.1) is 11.6 Å². The van der Waals surface area contributed by atoms with Crippen molar-refractivity contribution >= 4 is 11.6 Å². The minimum absolute atomic E-state index is 0.237. The van der Waals surface area contributed by atoms with E-state index in [1.54, 1.807) is 18.3 Å². The average Bonchev–Trinajstić information content (AvgIpc) is 2.48. The zero-order chi connectivity index (χ0) is 14.5. The van der Waals surface area contributed by atoms with Crippen LogP contribution in [0.5, 0.6) is 0 Å². The Morgan fingerprint density at radius 1 is 1.10 bits per heavy atom. The van der Waals surface area contributed by atoms with E-state index in [-0.39, 0.29) is 5.70 Å². The molecule has 2 N–H and O–H groups in total. The molecule has 102 valence electrons. The highest BCUT2D eigenvalue weighted by molar-refractivity contribution is 5.94. The fourth-order valence-corrected chi connectivity index (χ4v) is 1.46. The first-order valence-corrected chi connectivity index (χ1v) is 5.68. The fraction of sp³-hybridized carbons (Fsp3) is 0. The second-order valence-corrected chi connectivity index (χ2v) is 3.93. The van der Waals surface area contributed by atoms with Crippen LogP contribution >= 0.6 is 0 Å². The summed E-state index contributed by atoms with van der Waals surface area (Å²) in [6, 6.07) is 6.54. The number of rotatable bonds is 4. The predicted octanol–water partition coefficient (Wildman–Crippen LogP) is 2.27. The molecule has 0 radical (unpaired) electrons. The van der Waals surface area contributed by atoms with E-state index in [4.69, 9.17) is 0 Å². The van der Waals surface area contributed by atoms with Crippen molar-refractivity contribution in [3.8, 4) is 0 Å². The standard InChI is InChI=1S/C14H11F2N3O/c1-9(10-4-5-12(15)13(16)7-10)18-19-14(20)11-3-2-6-17-8-11/h2-8,18H,1H2,(H,19,20). The molecule has 0 unspecified atom stereocenters. The molecule has 0 saturated carbocycles. The maximum absolute atomic E-state index is 13.1. The lowest BCUT2D eigenvalue weighted by Crippen LogP contribution is -2.35. The van der Waals surface area contributed by atoms with E-state index in [2.05, 4.69) is 22.4 Å². The Morgan fingerprint density at radius 2 is 1.90 bits per heavy atom. The summed E-state index contributed by atoms with van der Waals surface area (Å²) in [6.45, 7) is 3.63. The molecule has 6 heteroatoms. The minimum atomic E-state index is -0.982. The third-order valence-electron chi connectivity index (χ3n) is 2.52. The molecule has 0 spiro atoms. The monoisotopic (exact) mass is 275 g/mol. The van der Waals surface area contributed by atoms with Crippen molar-refractivity contribution in [2.75, 3.05) is 0 Å². The summed E-state index contributed by atoms with van der Waals surface area (Å²) in [7, 11) is 0. The first-order valence-electron chi connectivity index (χ1n) is 5.68. The molecule has 0 atom stereocenters. The van der Waals surface area contributed by atoms with Gasteiger partial charge in [-0.1, -0.05) is 6.58 Å². The Hall–Kier alpha value is -2.76. The molecule has 0 fully saturated rings. The number of pyridine rings is 1. The van der Waals surface area contributed by atoms with Gasteiger partial charge in [0.1, 0.15) is 0 Å². The van der Waals surface area contributed by atoms with E-state index in [1.807, 2.05) is 0 Å². The Morgan fingerprint density at radius 3 is 2.55 bits per heavy atom. The number of nitrogens with zero attached hydrogens (tertiary/aromatic N) is 1. The van der Waals surface area contributed by atoms with E-state index in [0.717, 1.165) is 12.1 Å². The second kappa shape index (κ2) is 5.92. The Bertz CT molecular complexity index is 644. The van der Waals surface area contributed by atoms with Crippen LogP contribution in [-0.4, -0.2) is 10.9 Å². The van der Waals surface area contributed by atoms with E-state index in [9.17, 15) is 13.6 Å². The van der Waals surface area contributed by atoms with E-state index >= 15 is 0 Å². The molecule has 1 aromatic heterocycles. The second-order valence-electron chi connectivity index (χ2n) is 3.93. The molecule has 4 nitrogen and oxygen atoms in total. The topological polar surface area (TPSA) is 54.0 Å². The van der Waals surface area contributed by atoms with Crippen LogP contribution in [0.4, 0.5) is 8.78 Å². The van der Waals surface area contributed by atoms with E-state index < -0.39 is 17.5 Å². The zero-order valence-corrected chi connectivity index (χ0v) is 10.4. The van der Waals surface area contributed by atoms with E-state index in [1.165, 1.54) is 12.3 Å². The van der Waals surface area contributed by atoms with Crippen LogP contribution < -0.4 is 10.9 Å². The predicted molar refractivity (Wildman–Crippen MR) is 70.2 cm³/mol. The van der Waals surface area contributed by atoms with Crippen LogP contribution in [0.2, 0.25) is 0 Å². The smallest absolute Gasteiger partial charge is 0.271 e. The fourth-order valence-electron chi connectivity index (χ4n) is 1.46. The number of carbonyl (C=O) groups excluding carboxylic acids is 1. The summed E-state index contributed by atoms with van der Waals surface area (Å²) in [5, 5.41) is 0. The number of hydrogen-bond acceptors (Lipinski definition) is 3. The molecule has 2 rings (SSSR count). The highest BCUT2D eigenvalue weighted by Crippen LogP contribution is 2.13. The molecule has 2 aromatic rings. The highest BCUT2D eigenvalue weighted by atomic mass is 19.2. The number of hydrogen-bond donors (Lipinski definition) is 2. The summed E-state index contributed by atoms with van der Waals surface area (Å²) in [5.74, 6) is -2.34. The lowest BCUT2D eigenvalue weighted by atomic mass is 10.2. The first-order chi connectivity index (χ1) is 9.58. The molecule has 20 heavy (non-hydrogen) atoms. The van der Waals surface area contributed by atoms with Gasteiger partial charge >= 0.3 is 0 Å². The van der Waals surface area contributed by atoms with Gasteiger partial charge < -0.3 is 0 Å². The molecular weight excluding hydrogens is 264 g/mol. The molecule has 0 aliphatic rings. The quantitative estimate of drug-likeness (QED) is 0.842. The molecule has 1 heterocycles. The van der Waals surface area contributed by atoms with Crippen LogP contribution in [0.1, 0.15) is 15.9 Å². The van der Waals surface area contributed by atoms with Gasteiger partial charge in [-0.25, -0.2) is 8.78 Å². The van der Waals surface area contributed by atoms with Gasteiger partial charge in [-0.05, 0) is 30.3 Å². The number of aromatic nitrogens is 1. The average molecular weight is 275 g/mol. The van der Waals surface area contributed by atoms with Crippen LogP contribution in [-0.2, 0) is 0 Å². The summed E-state index contributed by atoms with van der Waals surface area (Å²) in [4.78, 5) is 15.5. The van der Waals surface area contributed by atoms with Crippen molar-refractivity contribution in [1.29, 1.82) is 0 Å². The molecule has 0 aliphatic carbocycles. The van der Waals surface area contributed by atoms with Crippen LogP contribution in [0.25, 0.3) is 5.70 Å². The maximum atomic E-state index is 13.1. The Balaban J connectivity index is 1.98. The first kappa shape index (κ1) is 13.7. The molecule has 0 saturated heterocycles. The molecule has 0 bridgehead atoms. The summed E-state index contributed by atoms with van der Waals surface area (Å²) in [6.07, 6.45) is 2.95. The normalized spacial score (nSPS) is 9.90. The van der Waals surface area contributed by atoms with Gasteiger partial charge in [0.05, 0.1) is 11.3 Å². The zero-order valence-electron chi connectivity index (χ0n) is 10.4. The number of carbonyl (C=O) groups is 1. The van der Waals surface area contributed by atoms with Crippen molar-refractivity contribution in [3.05, 3.63) is 72.1 Å². The van der Waals surface area contributed by atoms with Crippen molar-refractivity contribution < 1.29 is 13.6 Å². The van der Waals surface area contributed by atoms with Gasteiger partial charge in [0.2, 0.25) is 0 Å². The minimum Gasteiger partial charge on any atom is -0.298 e. The number of nitrogens with one attached hydrogen (secondary N) is 2. The van der Waals surface area contributed by atoms with Crippen LogP contribution in [0.3, 0.4) is 0 Å². The number of hydrazine groups is 1. The van der Waals surface area contributed by atoms with Crippen molar-refractivity contribution in [2.45, 2.75) is 0 Å². The Labute approximate surface area is 114 Å². The lowest BCUT2D eigenvalue weighted by Gasteiger charge is -2.11. The summed E-state index contributed by atoms with van der Waals surface area (Å²) < 4.78 is 25.9. The van der Waals surface area contributed by atoms with Gasteiger partial charge in [-0.2, -0.15) is 0 Å². The van der Waals surface area contributed by atoms with Crippen LogP contribution in [0.15, 0.2) is 49.3 Å². The molecule has 0 aliphatic heterocycles. The molecule has 1 amide bonds. The van der Waals surface area contributed by atoms with Gasteiger partial charge in [0.25, 0.3) is 5.91 Å². The van der Waals surface area contributed by atoms with Gasteiger partial charge in [-0.15, -0.1) is 0 Å². The number of benzene rings is 1. The maximum Gasteiger partial charge on any atom is 0.271 e. The number of halogens is 2. The van der Waals surface area contributed by atoms with Gasteiger partial charge in [0, 0.05) is 18.0 Å². The van der Waals surface area contributed by atoms with E-state index in [0.29, 0.717) is 11.1 Å². The summed E-state index contributed by atoms with van der Waals surface area (Å²) >= 11 is 0. The lowest BCUT2D eigenvalue weighted by molar-refractivity contribution is 0.0942. The third-order valence-corrected chi connectivity index (χ3v) is 2.52. The van der Waals surface area contributed by atoms with Crippen molar-refractivity contribution in [2.24, 2.45) is 0 Å². The molecule has 1 aromatic carbocycles. The Kier molecular flexibility index (Phi) is 4.05.